The number of ether oxygens (including phenoxy) is 3. The maximum Gasteiger partial charge on any atom is 0.275 e. The van der Waals surface area contributed by atoms with Crippen LogP contribution in [0.2, 0.25) is 0 Å². The summed E-state index contributed by atoms with van der Waals surface area (Å²) in [6, 6.07) is 9.23. The lowest BCUT2D eigenvalue weighted by Crippen LogP contribution is -2.35. The normalized spacial score (nSPS) is 10.2. The standard InChI is InChI=1S/C15H16N2O5.C9H12N2O2.C8H10O4/c1-4-22-14-10(12(19)13(14)20)16-9-7-5-6-8(11(9)18)15(21)17(2)3;1-11(2)9(13)6-4-3-5-7(10)8(6)12;1-3-11-7-5(9)6(10)8(7)12-4-2/h5-7,16,18H,4H2,1-3H3;3-5,12H,10H2,1-2H3;3-4H2,1-2H3. The van der Waals surface area contributed by atoms with Gasteiger partial charge >= 0.3 is 0 Å². The number of para-hydroxylation sites is 2. The monoisotopic (exact) mass is 654 g/mol. The predicted molar refractivity (Wildman–Crippen MR) is 176 cm³/mol. The number of rotatable bonds is 10. The van der Waals surface area contributed by atoms with Crippen molar-refractivity contribution in [3.05, 3.63) is 88.4 Å². The van der Waals surface area contributed by atoms with Crippen LogP contribution in [0.25, 0.3) is 0 Å². The Balaban J connectivity index is 0.000000263. The summed E-state index contributed by atoms with van der Waals surface area (Å²) in [5.41, 5.74) is 3.52. The number of hydrogen-bond donors (Lipinski definition) is 4. The third-order valence-corrected chi connectivity index (χ3v) is 6.19. The van der Waals surface area contributed by atoms with Crippen molar-refractivity contribution in [1.82, 2.24) is 9.80 Å². The molecule has 4 aromatic rings. The minimum atomic E-state index is -0.716. The van der Waals surface area contributed by atoms with E-state index in [4.69, 9.17) is 19.9 Å². The summed E-state index contributed by atoms with van der Waals surface area (Å²) in [6.07, 6.45) is 0. The highest BCUT2D eigenvalue weighted by molar-refractivity contribution is 5.99. The van der Waals surface area contributed by atoms with E-state index in [-0.39, 0.29) is 75.4 Å². The summed E-state index contributed by atoms with van der Waals surface area (Å²) in [5.74, 6) is -0.996. The van der Waals surface area contributed by atoms with E-state index in [0.717, 1.165) is 0 Å². The molecule has 0 saturated carbocycles. The lowest BCUT2D eigenvalue weighted by Gasteiger charge is -2.16. The van der Waals surface area contributed by atoms with Gasteiger partial charge in [0.25, 0.3) is 33.5 Å². The fourth-order valence-corrected chi connectivity index (χ4v) is 3.83. The van der Waals surface area contributed by atoms with Crippen molar-refractivity contribution in [3.8, 4) is 28.7 Å². The van der Waals surface area contributed by atoms with E-state index in [9.17, 15) is 39.0 Å². The summed E-state index contributed by atoms with van der Waals surface area (Å²) in [7, 11) is 6.35. The van der Waals surface area contributed by atoms with Gasteiger partial charge in [-0.3, -0.25) is 28.8 Å². The highest BCUT2D eigenvalue weighted by Crippen LogP contribution is 2.32. The Labute approximate surface area is 269 Å². The molecule has 4 aromatic carbocycles. The van der Waals surface area contributed by atoms with Gasteiger partial charge in [-0.25, -0.2) is 0 Å². The zero-order valence-corrected chi connectivity index (χ0v) is 27.1. The molecule has 0 heterocycles. The van der Waals surface area contributed by atoms with Crippen LogP contribution in [-0.2, 0) is 0 Å². The van der Waals surface area contributed by atoms with Gasteiger partial charge in [0.2, 0.25) is 11.5 Å². The first-order valence-corrected chi connectivity index (χ1v) is 14.3. The van der Waals surface area contributed by atoms with Gasteiger partial charge in [0.05, 0.1) is 42.3 Å². The van der Waals surface area contributed by atoms with Crippen molar-refractivity contribution in [3.63, 3.8) is 0 Å². The van der Waals surface area contributed by atoms with Crippen LogP contribution >= 0.6 is 0 Å². The zero-order valence-electron chi connectivity index (χ0n) is 27.1. The Morgan fingerprint density at radius 2 is 1.06 bits per heavy atom. The summed E-state index contributed by atoms with van der Waals surface area (Å²) < 4.78 is 14.9. The minimum Gasteiger partial charge on any atom is -0.505 e. The van der Waals surface area contributed by atoms with Crippen LogP contribution in [0.5, 0.6) is 28.7 Å². The van der Waals surface area contributed by atoms with Crippen LogP contribution in [-0.4, -0.2) is 79.8 Å². The third-order valence-electron chi connectivity index (χ3n) is 6.19. The number of nitrogens with zero attached hydrogens (tertiary/aromatic N) is 2. The lowest BCUT2D eigenvalue weighted by molar-refractivity contribution is 0.0817. The third kappa shape index (κ3) is 8.45. The van der Waals surface area contributed by atoms with Crippen molar-refractivity contribution in [2.45, 2.75) is 20.8 Å². The number of nitrogens with two attached hydrogens (primary N) is 1. The average molecular weight is 655 g/mol. The van der Waals surface area contributed by atoms with Crippen LogP contribution in [0.1, 0.15) is 41.5 Å². The number of nitrogen functional groups attached to an aromatic ring is 1. The van der Waals surface area contributed by atoms with Crippen molar-refractivity contribution < 1.29 is 34.0 Å². The molecule has 0 aliphatic rings. The molecule has 47 heavy (non-hydrogen) atoms. The SMILES string of the molecule is CCOc1c(Nc2cccc(C(=O)N(C)C)c2O)c(=O)c1=O.CCOc1c(OCC)c(=O)c1=O.CN(C)C(=O)c1cccc(N)c1O. The van der Waals surface area contributed by atoms with E-state index in [2.05, 4.69) is 5.32 Å². The fraction of sp³-hybridized carbons (Fsp3) is 0.312. The van der Waals surface area contributed by atoms with E-state index in [0.29, 0.717) is 13.2 Å². The number of nitrogens with one attached hydrogen (secondary N) is 1. The maximum atomic E-state index is 12.0. The number of carbonyl (C=O) groups is 2. The highest BCUT2D eigenvalue weighted by atomic mass is 16.5. The van der Waals surface area contributed by atoms with Crippen LogP contribution in [0.15, 0.2) is 55.6 Å². The van der Waals surface area contributed by atoms with E-state index < -0.39 is 21.7 Å². The molecule has 15 nitrogen and oxygen atoms in total. The predicted octanol–water partition coefficient (Wildman–Crippen LogP) is 1.59. The molecule has 0 fully saturated rings. The van der Waals surface area contributed by atoms with Crippen molar-refractivity contribution in [2.75, 3.05) is 59.1 Å². The molecule has 0 atom stereocenters. The minimum absolute atomic E-state index is 0.0170. The average Bonchev–Trinajstić information content (AvgIpc) is 3.05. The number of aromatic hydroxyl groups is 2. The van der Waals surface area contributed by atoms with Crippen LogP contribution < -0.4 is 47.0 Å². The topological polar surface area (TPSA) is 215 Å². The Morgan fingerprint density at radius 3 is 1.51 bits per heavy atom. The first-order valence-electron chi connectivity index (χ1n) is 14.3. The molecule has 0 saturated heterocycles. The van der Waals surface area contributed by atoms with Gasteiger partial charge in [-0.1, -0.05) is 12.1 Å². The smallest absolute Gasteiger partial charge is 0.275 e. The molecule has 0 bridgehead atoms. The second-order valence-electron chi connectivity index (χ2n) is 9.95. The molecule has 0 radical (unpaired) electrons. The first-order chi connectivity index (χ1) is 22.1. The van der Waals surface area contributed by atoms with Crippen molar-refractivity contribution in [2.24, 2.45) is 0 Å². The molecule has 5 N–H and O–H groups in total. The number of benzene rings is 2. The van der Waals surface area contributed by atoms with Crippen molar-refractivity contribution in [1.29, 1.82) is 0 Å². The Kier molecular flexibility index (Phi) is 13.1. The van der Waals surface area contributed by atoms with Gasteiger partial charge in [-0.2, -0.15) is 0 Å². The van der Waals surface area contributed by atoms with E-state index >= 15 is 0 Å². The number of hydrogen-bond acceptors (Lipinski definition) is 13. The summed E-state index contributed by atoms with van der Waals surface area (Å²) in [6.45, 7) is 6.15. The number of phenols is 2. The van der Waals surface area contributed by atoms with E-state index in [1.807, 2.05) is 0 Å². The van der Waals surface area contributed by atoms with E-state index in [1.165, 1.54) is 28.0 Å². The second-order valence-corrected chi connectivity index (χ2v) is 9.95. The molecule has 0 aromatic heterocycles. The Morgan fingerprint density at radius 1 is 0.660 bits per heavy atom. The second kappa shape index (κ2) is 16.5. The summed E-state index contributed by atoms with van der Waals surface area (Å²) >= 11 is 0. The number of phenolic OH excluding ortho intramolecular Hbond substituents is 2. The van der Waals surface area contributed by atoms with Crippen molar-refractivity contribution >= 4 is 28.9 Å². The quantitative estimate of drug-likeness (QED) is 0.109. The Hall–Kier alpha value is -5.86. The summed E-state index contributed by atoms with van der Waals surface area (Å²) in [4.78, 5) is 70.7. The number of amides is 2. The number of anilines is 3. The molecule has 15 heteroatoms. The molecule has 0 spiro atoms. The van der Waals surface area contributed by atoms with Crippen LogP contribution in [0, 0.1) is 0 Å². The van der Waals surface area contributed by atoms with E-state index in [1.54, 1.807) is 67.2 Å². The molecule has 2 amide bonds. The molecule has 0 aliphatic carbocycles. The fourth-order valence-electron chi connectivity index (χ4n) is 3.83. The molecule has 4 rings (SSSR count). The first kappa shape index (κ1) is 37.3. The maximum absolute atomic E-state index is 12.0. The van der Waals surface area contributed by atoms with Gasteiger partial charge in [0.15, 0.2) is 17.2 Å². The largest absolute Gasteiger partial charge is 0.505 e. The van der Waals surface area contributed by atoms with Gasteiger partial charge in [-0.15, -0.1) is 0 Å². The molecular formula is C32H38N4O11. The molecule has 0 aliphatic heterocycles. The van der Waals surface area contributed by atoms with Gasteiger partial charge < -0.3 is 45.3 Å². The van der Waals surface area contributed by atoms with Gasteiger partial charge in [0.1, 0.15) is 5.69 Å². The molecular weight excluding hydrogens is 616 g/mol. The van der Waals surface area contributed by atoms with Crippen LogP contribution in [0.3, 0.4) is 0 Å². The zero-order chi connectivity index (χ0) is 35.6. The van der Waals surface area contributed by atoms with Crippen LogP contribution in [0.4, 0.5) is 17.1 Å². The number of carbonyl (C=O) groups excluding carboxylic acids is 2. The van der Waals surface area contributed by atoms with Gasteiger partial charge in [0, 0.05) is 28.2 Å². The van der Waals surface area contributed by atoms with Gasteiger partial charge in [-0.05, 0) is 45.0 Å². The highest BCUT2D eigenvalue weighted by Gasteiger charge is 2.25. The Bertz CT molecular complexity index is 1830. The summed E-state index contributed by atoms with van der Waals surface area (Å²) in [5, 5.41) is 22.3. The molecule has 0 unspecified atom stereocenters. The molecule has 252 valence electrons. The lowest BCUT2D eigenvalue weighted by atomic mass is 10.1.